The molecule has 5 rings (SSSR count). The van der Waals surface area contributed by atoms with E-state index in [0.29, 0.717) is 17.3 Å². The van der Waals surface area contributed by atoms with Crippen LogP contribution in [-0.2, 0) is 0 Å². The van der Waals surface area contributed by atoms with Gasteiger partial charge in [-0.05, 0) is 56.2 Å². The zero-order valence-electron chi connectivity index (χ0n) is 16.2. The van der Waals surface area contributed by atoms with Gasteiger partial charge in [0.15, 0.2) is 0 Å². The molecule has 150 valence electrons. The zero-order chi connectivity index (χ0) is 20.0. The molecule has 2 saturated heterocycles. The molecular formula is C22H23FN4OS. The van der Waals surface area contributed by atoms with E-state index in [0.717, 1.165) is 41.5 Å². The van der Waals surface area contributed by atoms with Gasteiger partial charge in [0.1, 0.15) is 16.9 Å². The molecule has 3 aromatic rings. The Kier molecular flexibility index (Phi) is 4.67. The Labute approximate surface area is 173 Å². The Hall–Kier alpha value is -2.25. The smallest absolute Gasteiger partial charge is 0.130 e. The van der Waals surface area contributed by atoms with Crippen LogP contribution in [0.15, 0.2) is 48.0 Å². The maximum Gasteiger partial charge on any atom is 0.130 e. The molecule has 5 nitrogen and oxygen atoms in total. The lowest BCUT2D eigenvalue weighted by atomic mass is 9.76. The van der Waals surface area contributed by atoms with E-state index in [1.165, 1.54) is 11.8 Å². The van der Waals surface area contributed by atoms with Gasteiger partial charge in [0, 0.05) is 40.2 Å². The van der Waals surface area contributed by atoms with Gasteiger partial charge in [-0.1, -0.05) is 11.8 Å². The molecule has 2 bridgehead atoms. The van der Waals surface area contributed by atoms with E-state index in [2.05, 4.69) is 20.3 Å². The normalized spacial score (nSPS) is 29.1. The topological polar surface area (TPSA) is 70.9 Å². The zero-order valence-corrected chi connectivity index (χ0v) is 17.0. The number of rotatable bonds is 3. The fourth-order valence-corrected chi connectivity index (χ4v) is 5.92. The first kappa shape index (κ1) is 18.8. The maximum absolute atomic E-state index is 15.2. The lowest BCUT2D eigenvalue weighted by Crippen LogP contribution is -2.64. The molecule has 0 spiro atoms. The van der Waals surface area contributed by atoms with Crippen LogP contribution in [0.3, 0.4) is 0 Å². The molecule has 2 aliphatic rings. The van der Waals surface area contributed by atoms with Crippen LogP contribution in [0.5, 0.6) is 5.75 Å². The monoisotopic (exact) mass is 410 g/mol. The number of halogens is 1. The first-order chi connectivity index (χ1) is 14.0. The van der Waals surface area contributed by atoms with E-state index in [1.54, 1.807) is 30.9 Å². The van der Waals surface area contributed by atoms with Crippen molar-refractivity contribution in [1.29, 1.82) is 0 Å². The second kappa shape index (κ2) is 7.22. The van der Waals surface area contributed by atoms with E-state index in [-0.39, 0.29) is 11.0 Å². The van der Waals surface area contributed by atoms with E-state index in [4.69, 9.17) is 0 Å². The number of aromatic hydroxyl groups is 1. The third-order valence-corrected chi connectivity index (χ3v) is 7.35. The van der Waals surface area contributed by atoms with E-state index >= 15 is 4.39 Å². The van der Waals surface area contributed by atoms with Crippen molar-refractivity contribution >= 4 is 22.5 Å². The van der Waals surface area contributed by atoms with Crippen molar-refractivity contribution in [3.63, 3.8) is 0 Å². The summed E-state index contributed by atoms with van der Waals surface area (Å²) in [5.41, 5.74) is 0.786. The molecule has 0 radical (unpaired) electrons. The molecule has 0 amide bonds. The van der Waals surface area contributed by atoms with Crippen LogP contribution in [-0.4, -0.2) is 43.1 Å². The molecule has 7 heteroatoms. The van der Waals surface area contributed by atoms with Crippen LogP contribution < -0.4 is 5.32 Å². The van der Waals surface area contributed by atoms with Gasteiger partial charge in [0.05, 0.1) is 18.1 Å². The van der Waals surface area contributed by atoms with Crippen molar-refractivity contribution in [1.82, 2.24) is 20.3 Å². The highest BCUT2D eigenvalue weighted by molar-refractivity contribution is 7.99. The quantitative estimate of drug-likeness (QED) is 0.662. The first-order valence-electron chi connectivity index (χ1n) is 9.99. The van der Waals surface area contributed by atoms with Crippen molar-refractivity contribution in [2.75, 3.05) is 0 Å². The molecule has 0 unspecified atom stereocenters. The minimum absolute atomic E-state index is 0.117. The highest BCUT2D eigenvalue weighted by Gasteiger charge is 2.48. The molecular weight excluding hydrogens is 387 g/mol. The third-order valence-electron chi connectivity index (χ3n) is 6.17. The Bertz CT molecular complexity index is 1050. The number of hydrogen-bond acceptors (Lipinski definition) is 6. The molecule has 2 fully saturated rings. The highest BCUT2D eigenvalue weighted by Crippen LogP contribution is 2.42. The summed E-state index contributed by atoms with van der Waals surface area (Å²) in [6.45, 7) is 2.00. The average molecular weight is 411 g/mol. The van der Waals surface area contributed by atoms with E-state index in [1.807, 2.05) is 19.1 Å². The summed E-state index contributed by atoms with van der Waals surface area (Å²) in [6, 6.07) is 5.85. The van der Waals surface area contributed by atoms with Gasteiger partial charge >= 0.3 is 0 Å². The lowest BCUT2D eigenvalue weighted by molar-refractivity contribution is 0.0642. The summed E-state index contributed by atoms with van der Waals surface area (Å²) < 4.78 is 15.2. The summed E-state index contributed by atoms with van der Waals surface area (Å²) in [5, 5.41) is 16.3. The largest absolute Gasteiger partial charge is 0.507 e. The number of phenolic OH excluding ortho intramolecular Hbond substituents is 1. The molecule has 0 aliphatic carbocycles. The summed E-state index contributed by atoms with van der Waals surface area (Å²) in [7, 11) is 0. The van der Waals surface area contributed by atoms with E-state index < -0.39 is 11.7 Å². The number of aromatic nitrogens is 3. The standard InChI is InChI=1S/C22H23FN4OS/c1-22-5-2-3-15(27-22)9-19(21(22)23)29-20-12-25-17(11-26-20)16-7-13-4-6-24-10-14(13)8-18(16)28/h4,6-8,10-12,15,19,21,27-28H,2-3,5,9H2,1H3/t15-,19-,21+,22+/m1/s1. The highest BCUT2D eigenvalue weighted by atomic mass is 32.2. The van der Waals surface area contributed by atoms with Crippen molar-refractivity contribution in [3.8, 4) is 17.0 Å². The second-order valence-corrected chi connectivity index (χ2v) is 9.54. The minimum atomic E-state index is -0.913. The number of fused-ring (bicyclic) bond motifs is 3. The van der Waals surface area contributed by atoms with Crippen LogP contribution in [0.4, 0.5) is 4.39 Å². The summed E-state index contributed by atoms with van der Waals surface area (Å²) in [5.74, 6) is 0.142. The van der Waals surface area contributed by atoms with Gasteiger partial charge in [-0.3, -0.25) is 9.97 Å². The van der Waals surface area contributed by atoms with Crippen LogP contribution in [0, 0.1) is 0 Å². The van der Waals surface area contributed by atoms with Crippen molar-refractivity contribution < 1.29 is 9.50 Å². The molecule has 0 saturated carbocycles. The molecule has 2 N–H and O–H groups in total. The number of nitrogens with one attached hydrogen (secondary N) is 1. The van der Waals surface area contributed by atoms with Crippen LogP contribution in [0.25, 0.3) is 22.0 Å². The Morgan fingerprint density at radius 1 is 1.21 bits per heavy atom. The fraction of sp³-hybridized carbons (Fsp3) is 0.409. The van der Waals surface area contributed by atoms with Crippen LogP contribution >= 0.6 is 11.8 Å². The van der Waals surface area contributed by atoms with Gasteiger partial charge in [-0.25, -0.2) is 9.37 Å². The molecule has 29 heavy (non-hydrogen) atoms. The molecule has 2 aromatic heterocycles. The van der Waals surface area contributed by atoms with Gasteiger partial charge in [0.2, 0.25) is 0 Å². The lowest BCUT2D eigenvalue weighted by Gasteiger charge is -2.49. The number of alkyl halides is 1. The number of pyridine rings is 1. The molecule has 4 heterocycles. The van der Waals surface area contributed by atoms with Crippen LogP contribution in [0.2, 0.25) is 0 Å². The van der Waals surface area contributed by atoms with E-state index in [9.17, 15) is 5.11 Å². The number of benzene rings is 1. The SMILES string of the molecule is C[C@]12CCC[C@H](C[C@@H](Sc3cnc(-c4cc5ccncc5cc4O)cn3)[C@@H]1F)N2. The predicted octanol–water partition coefficient (Wildman–Crippen LogP) is 4.50. The Balaban J connectivity index is 1.38. The van der Waals surface area contributed by atoms with Crippen molar-refractivity contribution in [3.05, 3.63) is 43.0 Å². The third kappa shape index (κ3) is 3.46. The first-order valence-corrected chi connectivity index (χ1v) is 10.9. The summed E-state index contributed by atoms with van der Waals surface area (Å²) in [4.78, 5) is 13.1. The maximum atomic E-state index is 15.2. The van der Waals surface area contributed by atoms with Crippen molar-refractivity contribution in [2.45, 2.75) is 60.6 Å². The van der Waals surface area contributed by atoms with Gasteiger partial charge in [-0.15, -0.1) is 0 Å². The Morgan fingerprint density at radius 3 is 2.93 bits per heavy atom. The van der Waals surface area contributed by atoms with Gasteiger partial charge < -0.3 is 10.4 Å². The number of piperidine rings is 2. The van der Waals surface area contributed by atoms with Gasteiger partial charge in [-0.2, -0.15) is 0 Å². The minimum Gasteiger partial charge on any atom is -0.507 e. The number of thioether (sulfide) groups is 1. The molecule has 4 atom stereocenters. The second-order valence-electron chi connectivity index (χ2n) is 8.28. The summed E-state index contributed by atoms with van der Waals surface area (Å²) in [6.07, 6.45) is 9.75. The van der Waals surface area contributed by atoms with Crippen molar-refractivity contribution in [2.24, 2.45) is 0 Å². The number of phenols is 1. The van der Waals surface area contributed by atoms with Crippen LogP contribution in [0.1, 0.15) is 32.6 Å². The van der Waals surface area contributed by atoms with Gasteiger partial charge in [0.25, 0.3) is 0 Å². The molecule has 1 aromatic carbocycles. The average Bonchev–Trinajstić information content (AvgIpc) is 2.72. The number of hydrogen-bond donors (Lipinski definition) is 2. The molecule has 2 aliphatic heterocycles. The predicted molar refractivity (Wildman–Crippen MR) is 113 cm³/mol. The number of nitrogens with zero attached hydrogens (tertiary/aromatic N) is 3. The Morgan fingerprint density at radius 2 is 2.10 bits per heavy atom. The summed E-state index contributed by atoms with van der Waals surface area (Å²) >= 11 is 1.48. The fourth-order valence-electron chi connectivity index (χ4n) is 4.64.